The average Bonchev–Trinajstić information content (AvgIpc) is 2.59. The van der Waals surface area contributed by atoms with Crippen LogP contribution >= 0.6 is 24.0 Å². The molecule has 27 heavy (non-hydrogen) atoms. The zero-order chi connectivity index (χ0) is 18.9. The van der Waals surface area contributed by atoms with E-state index in [2.05, 4.69) is 29.5 Å². The fourth-order valence-corrected chi connectivity index (χ4v) is 5.07. The number of nitrogens with one attached hydrogen (secondary N) is 2. The van der Waals surface area contributed by atoms with Crippen LogP contribution in [0.5, 0.6) is 0 Å². The number of guanidine groups is 1. The second kappa shape index (κ2) is 9.05. The summed E-state index contributed by atoms with van der Waals surface area (Å²) in [5.41, 5.74) is 0.00233. The first kappa shape index (κ1) is 23.0. The maximum absolute atomic E-state index is 13.1. The fraction of sp³-hybridized carbons (Fsp3) is 0.947. The lowest BCUT2D eigenvalue weighted by Crippen LogP contribution is -2.71. The van der Waals surface area contributed by atoms with Crippen molar-refractivity contribution in [2.75, 3.05) is 13.2 Å². The second-order valence-corrected chi connectivity index (χ2v) is 8.61. The number of alkyl halides is 3. The highest BCUT2D eigenvalue weighted by Gasteiger charge is 2.58. The van der Waals surface area contributed by atoms with E-state index in [1.165, 1.54) is 0 Å². The molecule has 1 aliphatic heterocycles. The van der Waals surface area contributed by atoms with Crippen LogP contribution < -0.4 is 10.6 Å². The molecule has 3 aliphatic rings. The van der Waals surface area contributed by atoms with Crippen LogP contribution in [0.4, 0.5) is 13.2 Å². The number of rotatable bonds is 3. The van der Waals surface area contributed by atoms with Crippen LogP contribution in [0.25, 0.3) is 0 Å². The monoisotopic (exact) mass is 503 g/mol. The summed E-state index contributed by atoms with van der Waals surface area (Å²) in [6.45, 7) is 7.76. The third kappa shape index (κ3) is 5.03. The van der Waals surface area contributed by atoms with E-state index in [9.17, 15) is 13.2 Å². The molecule has 2 aliphatic carbocycles. The smallest absolute Gasteiger partial charge is 0.377 e. The Morgan fingerprint density at radius 1 is 1.15 bits per heavy atom. The summed E-state index contributed by atoms with van der Waals surface area (Å²) in [4.78, 5) is 4.50. The Hall–Kier alpha value is -0.250. The van der Waals surface area contributed by atoms with Crippen LogP contribution in [0, 0.1) is 17.3 Å². The molecule has 4 nitrogen and oxygen atoms in total. The molecule has 8 heteroatoms. The van der Waals surface area contributed by atoms with E-state index >= 15 is 0 Å². The lowest BCUT2D eigenvalue weighted by Gasteiger charge is -2.60. The standard InChI is InChI=1S/C19H32F3N3O.HI/c1-4-23-17(24-13-8-5-7-12(11-13)19(20,21)22)25-15-14-9-6-10-26-16(14)18(15,2)3;/h12-16H,4-11H2,1-3H3,(H2,23,24,25);1H. The molecule has 0 aromatic carbocycles. The van der Waals surface area contributed by atoms with Gasteiger partial charge in [0.05, 0.1) is 12.0 Å². The normalized spacial score (nSPS) is 36.1. The first-order valence-corrected chi connectivity index (χ1v) is 9.99. The van der Waals surface area contributed by atoms with Gasteiger partial charge in [-0.2, -0.15) is 13.2 Å². The van der Waals surface area contributed by atoms with Crippen molar-refractivity contribution in [3.8, 4) is 0 Å². The van der Waals surface area contributed by atoms with Crippen molar-refractivity contribution in [3.05, 3.63) is 0 Å². The van der Waals surface area contributed by atoms with E-state index in [0.29, 0.717) is 24.8 Å². The molecule has 3 fully saturated rings. The molecule has 0 amide bonds. The Morgan fingerprint density at radius 3 is 2.56 bits per heavy atom. The predicted octanol–water partition coefficient (Wildman–Crippen LogP) is 4.48. The van der Waals surface area contributed by atoms with Gasteiger partial charge in [0.15, 0.2) is 5.96 Å². The minimum Gasteiger partial charge on any atom is -0.377 e. The van der Waals surface area contributed by atoms with Crippen molar-refractivity contribution in [1.82, 2.24) is 10.6 Å². The minimum absolute atomic E-state index is 0. The van der Waals surface area contributed by atoms with Crippen molar-refractivity contribution in [2.24, 2.45) is 22.2 Å². The Kier molecular flexibility index (Phi) is 7.72. The van der Waals surface area contributed by atoms with Crippen LogP contribution in [-0.2, 0) is 4.74 Å². The Labute approximate surface area is 177 Å². The fourth-order valence-electron chi connectivity index (χ4n) is 5.07. The first-order valence-electron chi connectivity index (χ1n) is 9.99. The minimum atomic E-state index is -4.10. The maximum atomic E-state index is 13.1. The van der Waals surface area contributed by atoms with Gasteiger partial charge in [-0.25, -0.2) is 0 Å². The molecule has 2 saturated carbocycles. The molecule has 5 unspecified atom stereocenters. The van der Waals surface area contributed by atoms with Crippen molar-refractivity contribution < 1.29 is 17.9 Å². The van der Waals surface area contributed by atoms with Crippen molar-refractivity contribution in [2.45, 2.75) is 83.7 Å². The van der Waals surface area contributed by atoms with Crippen molar-refractivity contribution in [3.63, 3.8) is 0 Å². The second-order valence-electron chi connectivity index (χ2n) is 8.61. The van der Waals surface area contributed by atoms with Gasteiger partial charge in [0, 0.05) is 36.6 Å². The summed E-state index contributed by atoms with van der Waals surface area (Å²) in [6, 6.07) is 0.0716. The number of halogens is 4. The molecule has 0 aromatic rings. The number of ether oxygens (including phenoxy) is 1. The lowest BCUT2D eigenvalue weighted by atomic mass is 9.55. The molecule has 5 atom stereocenters. The largest absolute Gasteiger partial charge is 0.391 e. The molecule has 2 N–H and O–H groups in total. The van der Waals surface area contributed by atoms with Crippen LogP contribution in [0.15, 0.2) is 4.99 Å². The van der Waals surface area contributed by atoms with E-state index in [-0.39, 0.29) is 60.4 Å². The van der Waals surface area contributed by atoms with Gasteiger partial charge in [-0.1, -0.05) is 20.3 Å². The molecule has 0 aromatic heterocycles. The average molecular weight is 503 g/mol. The molecular formula is C19H33F3IN3O. The van der Waals surface area contributed by atoms with Crippen molar-refractivity contribution >= 4 is 29.9 Å². The third-order valence-electron chi connectivity index (χ3n) is 6.42. The maximum Gasteiger partial charge on any atom is 0.391 e. The van der Waals surface area contributed by atoms with E-state index in [1.807, 2.05) is 6.92 Å². The number of hydrogen-bond donors (Lipinski definition) is 2. The molecule has 0 bridgehead atoms. The SMILES string of the molecule is CCN=C(NC1CCCC(C(F)(F)F)C1)NC1C2CCCOC2C1(C)C.I. The Morgan fingerprint density at radius 2 is 1.89 bits per heavy atom. The number of fused-ring (bicyclic) bond motifs is 1. The molecule has 158 valence electrons. The summed E-state index contributed by atoms with van der Waals surface area (Å²) < 4.78 is 45.2. The molecule has 3 rings (SSSR count). The highest BCUT2D eigenvalue weighted by molar-refractivity contribution is 14.0. The molecule has 0 radical (unpaired) electrons. The van der Waals surface area contributed by atoms with Gasteiger partial charge >= 0.3 is 6.18 Å². The van der Waals surface area contributed by atoms with Gasteiger partial charge in [0.2, 0.25) is 0 Å². The summed E-state index contributed by atoms with van der Waals surface area (Å²) in [6.07, 6.45) is 0.112. The summed E-state index contributed by atoms with van der Waals surface area (Å²) in [5, 5.41) is 6.81. The Bertz CT molecular complexity index is 527. The number of hydrogen-bond acceptors (Lipinski definition) is 2. The summed E-state index contributed by atoms with van der Waals surface area (Å²) in [7, 11) is 0. The number of aliphatic imine (C=N–C) groups is 1. The lowest BCUT2D eigenvalue weighted by molar-refractivity contribution is -0.188. The zero-order valence-electron chi connectivity index (χ0n) is 16.4. The van der Waals surface area contributed by atoms with Gasteiger partial charge in [-0.15, -0.1) is 24.0 Å². The third-order valence-corrected chi connectivity index (χ3v) is 6.42. The first-order chi connectivity index (χ1) is 12.2. The zero-order valence-corrected chi connectivity index (χ0v) is 18.8. The van der Waals surface area contributed by atoms with Crippen LogP contribution in [-0.4, -0.2) is 43.5 Å². The van der Waals surface area contributed by atoms with Crippen LogP contribution in [0.1, 0.15) is 59.3 Å². The van der Waals surface area contributed by atoms with Gasteiger partial charge in [-0.3, -0.25) is 4.99 Å². The predicted molar refractivity (Wildman–Crippen MR) is 111 cm³/mol. The highest BCUT2D eigenvalue weighted by Crippen LogP contribution is 2.51. The van der Waals surface area contributed by atoms with E-state index in [4.69, 9.17) is 4.74 Å². The van der Waals surface area contributed by atoms with E-state index < -0.39 is 12.1 Å². The molecule has 1 saturated heterocycles. The summed E-state index contributed by atoms with van der Waals surface area (Å²) >= 11 is 0. The van der Waals surface area contributed by atoms with Gasteiger partial charge in [0.1, 0.15) is 0 Å². The quantitative estimate of drug-likeness (QED) is 0.339. The topological polar surface area (TPSA) is 45.7 Å². The Balaban J connectivity index is 0.00000261. The van der Waals surface area contributed by atoms with Gasteiger partial charge in [0.25, 0.3) is 0 Å². The van der Waals surface area contributed by atoms with Crippen LogP contribution in [0.2, 0.25) is 0 Å². The van der Waals surface area contributed by atoms with Crippen LogP contribution in [0.3, 0.4) is 0 Å². The number of nitrogens with zero attached hydrogens (tertiary/aromatic N) is 1. The molecule has 0 spiro atoms. The van der Waals surface area contributed by atoms with Gasteiger partial charge < -0.3 is 15.4 Å². The van der Waals surface area contributed by atoms with E-state index in [0.717, 1.165) is 25.9 Å². The van der Waals surface area contributed by atoms with Gasteiger partial charge in [-0.05, 0) is 39.0 Å². The molecule has 1 heterocycles. The highest BCUT2D eigenvalue weighted by atomic mass is 127. The van der Waals surface area contributed by atoms with E-state index in [1.54, 1.807) is 0 Å². The molecular weight excluding hydrogens is 470 g/mol. The van der Waals surface area contributed by atoms with Crippen molar-refractivity contribution in [1.29, 1.82) is 0 Å². The summed E-state index contributed by atoms with van der Waals surface area (Å²) in [5.74, 6) is -0.0906.